The molecule has 0 aliphatic heterocycles. The highest BCUT2D eigenvalue weighted by Crippen LogP contribution is 2.14. The summed E-state index contributed by atoms with van der Waals surface area (Å²) in [6, 6.07) is 11.1. The second-order valence-electron chi connectivity index (χ2n) is 4.27. The molecule has 2 N–H and O–H groups in total. The fourth-order valence-corrected chi connectivity index (χ4v) is 1.66. The predicted octanol–water partition coefficient (Wildman–Crippen LogP) is 3.29. The van der Waals surface area contributed by atoms with Crippen molar-refractivity contribution in [2.45, 2.75) is 13.3 Å². The van der Waals surface area contributed by atoms with Crippen molar-refractivity contribution in [3.8, 4) is 0 Å². The molecule has 0 aliphatic rings. The molecule has 104 valence electrons. The van der Waals surface area contributed by atoms with E-state index in [1.165, 1.54) is 12.1 Å². The average Bonchev–Trinajstić information content (AvgIpc) is 2.48. The van der Waals surface area contributed by atoms with Crippen LogP contribution in [0.2, 0.25) is 0 Å². The van der Waals surface area contributed by atoms with Crippen molar-refractivity contribution in [1.82, 2.24) is 4.98 Å². The average molecular weight is 273 g/mol. The van der Waals surface area contributed by atoms with E-state index in [1.54, 1.807) is 30.3 Å². The number of amides is 1. The van der Waals surface area contributed by atoms with Crippen LogP contribution in [0.3, 0.4) is 0 Å². The third kappa shape index (κ3) is 3.54. The number of halogens is 1. The van der Waals surface area contributed by atoms with Gasteiger partial charge in [0.25, 0.3) is 5.91 Å². The molecule has 1 heterocycles. The molecule has 0 bridgehead atoms. The Hall–Kier alpha value is -2.43. The number of carbonyl (C=O) groups is 1. The fourth-order valence-electron chi connectivity index (χ4n) is 1.66. The number of anilines is 2. The minimum Gasteiger partial charge on any atom is -0.370 e. The molecule has 0 aliphatic carbocycles. The second kappa shape index (κ2) is 6.65. The van der Waals surface area contributed by atoms with Crippen molar-refractivity contribution in [3.63, 3.8) is 0 Å². The molecule has 2 rings (SSSR count). The zero-order valence-corrected chi connectivity index (χ0v) is 11.2. The van der Waals surface area contributed by atoms with Gasteiger partial charge in [-0.05, 0) is 30.7 Å². The number of rotatable bonds is 5. The molecular weight excluding hydrogens is 257 g/mol. The molecule has 4 nitrogen and oxygen atoms in total. The van der Waals surface area contributed by atoms with Gasteiger partial charge < -0.3 is 10.6 Å². The van der Waals surface area contributed by atoms with E-state index >= 15 is 0 Å². The van der Waals surface area contributed by atoms with Crippen molar-refractivity contribution >= 4 is 17.4 Å². The Morgan fingerprint density at radius 2 is 2.00 bits per heavy atom. The molecule has 1 aromatic carbocycles. The van der Waals surface area contributed by atoms with Crippen LogP contribution < -0.4 is 10.6 Å². The van der Waals surface area contributed by atoms with Gasteiger partial charge in [0.2, 0.25) is 0 Å². The van der Waals surface area contributed by atoms with Crippen LogP contribution in [-0.4, -0.2) is 17.4 Å². The van der Waals surface area contributed by atoms with E-state index in [0.29, 0.717) is 5.82 Å². The molecule has 0 saturated carbocycles. The summed E-state index contributed by atoms with van der Waals surface area (Å²) in [5, 5.41) is 5.61. The standard InChI is InChI=1S/C15H16FN3O/c1-2-10-17-14-9-5-8-13(18-14)15(20)19-12-7-4-3-6-11(12)16/h3-9H,2,10H2,1H3,(H,17,18)(H,19,20). The fraction of sp³-hybridized carbons (Fsp3) is 0.200. The third-order valence-electron chi connectivity index (χ3n) is 2.66. The lowest BCUT2D eigenvalue weighted by atomic mass is 10.2. The summed E-state index contributed by atoms with van der Waals surface area (Å²) in [6.45, 7) is 2.83. The van der Waals surface area contributed by atoms with Crippen molar-refractivity contribution < 1.29 is 9.18 Å². The highest BCUT2D eigenvalue weighted by atomic mass is 19.1. The van der Waals surface area contributed by atoms with Crippen LogP contribution in [0.1, 0.15) is 23.8 Å². The largest absolute Gasteiger partial charge is 0.370 e. The molecule has 0 fully saturated rings. The van der Waals surface area contributed by atoms with Crippen LogP contribution >= 0.6 is 0 Å². The molecule has 0 atom stereocenters. The number of carbonyl (C=O) groups excluding carboxylic acids is 1. The molecule has 20 heavy (non-hydrogen) atoms. The first kappa shape index (κ1) is 14.0. The van der Waals surface area contributed by atoms with Gasteiger partial charge in [0.05, 0.1) is 5.69 Å². The highest BCUT2D eigenvalue weighted by Gasteiger charge is 2.10. The Kier molecular flexibility index (Phi) is 4.65. The molecule has 0 saturated heterocycles. The van der Waals surface area contributed by atoms with Crippen LogP contribution in [0.25, 0.3) is 0 Å². The zero-order valence-electron chi connectivity index (χ0n) is 11.2. The first-order valence-electron chi connectivity index (χ1n) is 6.47. The van der Waals surface area contributed by atoms with Gasteiger partial charge in [-0.2, -0.15) is 0 Å². The van der Waals surface area contributed by atoms with Crippen LogP contribution in [0.4, 0.5) is 15.9 Å². The number of hydrogen-bond acceptors (Lipinski definition) is 3. The predicted molar refractivity (Wildman–Crippen MR) is 77.4 cm³/mol. The maximum atomic E-state index is 13.5. The Morgan fingerprint density at radius 3 is 2.75 bits per heavy atom. The Morgan fingerprint density at radius 1 is 1.20 bits per heavy atom. The Labute approximate surface area is 117 Å². The van der Waals surface area contributed by atoms with Gasteiger partial charge in [-0.3, -0.25) is 4.79 Å². The van der Waals surface area contributed by atoms with Crippen LogP contribution in [0.5, 0.6) is 0 Å². The molecule has 0 radical (unpaired) electrons. The van der Waals surface area contributed by atoms with Gasteiger partial charge in [-0.15, -0.1) is 0 Å². The molecule has 2 aromatic rings. The first-order valence-corrected chi connectivity index (χ1v) is 6.47. The lowest BCUT2D eigenvalue weighted by molar-refractivity contribution is 0.102. The van der Waals surface area contributed by atoms with Gasteiger partial charge >= 0.3 is 0 Å². The van der Waals surface area contributed by atoms with Crippen molar-refractivity contribution in [2.24, 2.45) is 0 Å². The summed E-state index contributed by atoms with van der Waals surface area (Å²) in [5.41, 5.74) is 0.389. The first-order chi connectivity index (χ1) is 9.70. The lowest BCUT2D eigenvalue weighted by Crippen LogP contribution is -2.15. The minimum atomic E-state index is -0.471. The molecule has 5 heteroatoms. The summed E-state index contributed by atoms with van der Waals surface area (Å²) >= 11 is 0. The minimum absolute atomic E-state index is 0.145. The van der Waals surface area contributed by atoms with Gasteiger partial charge in [-0.25, -0.2) is 9.37 Å². The number of nitrogens with one attached hydrogen (secondary N) is 2. The summed E-state index contributed by atoms with van der Waals surface area (Å²) in [5.74, 6) is -0.274. The van der Waals surface area contributed by atoms with Gasteiger partial charge in [0, 0.05) is 6.54 Å². The SMILES string of the molecule is CCCNc1cccc(C(=O)Nc2ccccc2F)n1. The number of nitrogens with zero attached hydrogens (tertiary/aromatic N) is 1. The van der Waals surface area contributed by atoms with E-state index in [9.17, 15) is 9.18 Å². The summed E-state index contributed by atoms with van der Waals surface area (Å²) in [4.78, 5) is 16.2. The zero-order chi connectivity index (χ0) is 14.4. The topological polar surface area (TPSA) is 54.0 Å². The van der Waals surface area contributed by atoms with Gasteiger partial charge in [0.1, 0.15) is 17.3 Å². The van der Waals surface area contributed by atoms with Crippen LogP contribution in [-0.2, 0) is 0 Å². The number of aromatic nitrogens is 1. The maximum absolute atomic E-state index is 13.5. The molecule has 1 amide bonds. The molecule has 1 aromatic heterocycles. The lowest BCUT2D eigenvalue weighted by Gasteiger charge is -2.08. The van der Waals surface area contributed by atoms with Crippen molar-refractivity contribution in [2.75, 3.05) is 17.2 Å². The van der Waals surface area contributed by atoms with Crippen molar-refractivity contribution in [1.29, 1.82) is 0 Å². The van der Waals surface area contributed by atoms with E-state index < -0.39 is 11.7 Å². The number of hydrogen-bond donors (Lipinski definition) is 2. The maximum Gasteiger partial charge on any atom is 0.274 e. The highest BCUT2D eigenvalue weighted by molar-refractivity contribution is 6.03. The van der Waals surface area contributed by atoms with E-state index in [4.69, 9.17) is 0 Å². The summed E-state index contributed by atoms with van der Waals surface area (Å²) in [6.07, 6.45) is 0.966. The van der Waals surface area contributed by atoms with Gasteiger partial charge in [-0.1, -0.05) is 25.1 Å². The van der Waals surface area contributed by atoms with E-state index in [0.717, 1.165) is 13.0 Å². The van der Waals surface area contributed by atoms with E-state index in [-0.39, 0.29) is 11.4 Å². The smallest absolute Gasteiger partial charge is 0.274 e. The van der Waals surface area contributed by atoms with Crippen molar-refractivity contribution in [3.05, 3.63) is 54.0 Å². The summed E-state index contributed by atoms with van der Waals surface area (Å²) < 4.78 is 13.5. The van der Waals surface area contributed by atoms with E-state index in [1.807, 2.05) is 6.92 Å². The Bertz CT molecular complexity index is 601. The molecule has 0 unspecified atom stereocenters. The molecular formula is C15H16FN3O. The normalized spacial score (nSPS) is 10.1. The number of para-hydroxylation sites is 1. The monoisotopic (exact) mass is 273 g/mol. The molecule has 0 spiro atoms. The second-order valence-corrected chi connectivity index (χ2v) is 4.27. The Balaban J connectivity index is 2.11. The number of benzene rings is 1. The quantitative estimate of drug-likeness (QED) is 0.879. The van der Waals surface area contributed by atoms with Crippen LogP contribution in [0.15, 0.2) is 42.5 Å². The van der Waals surface area contributed by atoms with Crippen LogP contribution in [0, 0.1) is 5.82 Å². The summed E-state index contributed by atoms with van der Waals surface area (Å²) in [7, 11) is 0. The third-order valence-corrected chi connectivity index (χ3v) is 2.66. The van der Waals surface area contributed by atoms with E-state index in [2.05, 4.69) is 15.6 Å². The number of pyridine rings is 1. The van der Waals surface area contributed by atoms with Gasteiger partial charge in [0.15, 0.2) is 0 Å².